The minimum Gasteiger partial charge on any atom is -0.380 e. The van der Waals surface area contributed by atoms with Crippen LogP contribution in [0, 0.1) is 22.9 Å². The van der Waals surface area contributed by atoms with Crippen LogP contribution in [0.4, 0.5) is 10.1 Å². The van der Waals surface area contributed by atoms with Crippen LogP contribution in [0.3, 0.4) is 0 Å². The minimum atomic E-state index is -0.707. The minimum absolute atomic E-state index is 0.0678. The number of carbonyl (C=O) groups is 1. The summed E-state index contributed by atoms with van der Waals surface area (Å²) in [6.45, 7) is 2.23. The molecule has 7 heteroatoms. The highest BCUT2D eigenvalue weighted by Gasteiger charge is 2.29. The summed E-state index contributed by atoms with van der Waals surface area (Å²) in [4.78, 5) is 23.9. The van der Waals surface area contributed by atoms with Crippen LogP contribution >= 0.6 is 0 Å². The fourth-order valence-corrected chi connectivity index (χ4v) is 2.29. The van der Waals surface area contributed by atoms with Crippen LogP contribution in [0.1, 0.15) is 22.3 Å². The maximum Gasteiger partial charge on any atom is 0.270 e. The van der Waals surface area contributed by atoms with Gasteiger partial charge < -0.3 is 9.64 Å². The Labute approximate surface area is 115 Å². The van der Waals surface area contributed by atoms with Gasteiger partial charge in [0.05, 0.1) is 16.6 Å². The van der Waals surface area contributed by atoms with Crippen LogP contribution in [0.5, 0.6) is 0 Å². The molecule has 0 N–H and O–H groups in total. The molecular formula is C13H15FN2O4. The topological polar surface area (TPSA) is 72.7 Å². The van der Waals surface area contributed by atoms with Crippen LogP contribution < -0.4 is 0 Å². The normalized spacial score (nSPS) is 18.4. The van der Waals surface area contributed by atoms with E-state index in [1.54, 1.807) is 7.11 Å². The zero-order chi connectivity index (χ0) is 14.9. The van der Waals surface area contributed by atoms with Crippen molar-refractivity contribution in [3.63, 3.8) is 0 Å². The van der Waals surface area contributed by atoms with Crippen molar-refractivity contribution in [3.05, 3.63) is 39.2 Å². The number of halogens is 1. The summed E-state index contributed by atoms with van der Waals surface area (Å²) in [6, 6.07) is 2.11. The van der Waals surface area contributed by atoms with Crippen LogP contribution in [0.15, 0.2) is 12.1 Å². The first-order valence-corrected chi connectivity index (χ1v) is 6.20. The lowest BCUT2D eigenvalue weighted by Crippen LogP contribution is -2.30. The van der Waals surface area contributed by atoms with Crippen molar-refractivity contribution in [2.45, 2.75) is 19.4 Å². The van der Waals surface area contributed by atoms with E-state index in [1.807, 2.05) is 0 Å². The summed E-state index contributed by atoms with van der Waals surface area (Å²) in [5.41, 5.74) is -0.451. The average molecular weight is 282 g/mol. The van der Waals surface area contributed by atoms with Crippen LogP contribution in [0.2, 0.25) is 0 Å². The fraction of sp³-hybridized carbons (Fsp3) is 0.462. The molecule has 0 spiro atoms. The smallest absolute Gasteiger partial charge is 0.270 e. The molecule has 1 saturated heterocycles. The van der Waals surface area contributed by atoms with E-state index < -0.39 is 16.6 Å². The molecule has 1 unspecified atom stereocenters. The molecule has 0 radical (unpaired) electrons. The van der Waals surface area contributed by atoms with Gasteiger partial charge in [0.15, 0.2) is 0 Å². The average Bonchev–Trinajstić information content (AvgIpc) is 2.89. The van der Waals surface area contributed by atoms with E-state index >= 15 is 0 Å². The van der Waals surface area contributed by atoms with Gasteiger partial charge in [-0.1, -0.05) is 0 Å². The highest BCUT2D eigenvalue weighted by Crippen LogP contribution is 2.24. The first kappa shape index (κ1) is 14.4. The predicted octanol–water partition coefficient (Wildman–Crippen LogP) is 1.90. The van der Waals surface area contributed by atoms with E-state index in [9.17, 15) is 19.3 Å². The molecule has 0 aromatic heterocycles. The van der Waals surface area contributed by atoms with Crippen molar-refractivity contribution < 1.29 is 18.8 Å². The van der Waals surface area contributed by atoms with E-state index in [0.717, 1.165) is 12.1 Å². The molecule has 1 aromatic carbocycles. The summed E-state index contributed by atoms with van der Waals surface area (Å²) in [7, 11) is 1.55. The van der Waals surface area contributed by atoms with Gasteiger partial charge >= 0.3 is 0 Å². The SMILES string of the molecule is COC1CCN(C(=O)c2cc([N+](=O)[O-])cc(C)c2F)C1. The fourth-order valence-electron chi connectivity index (χ4n) is 2.29. The Bertz CT molecular complexity index is 562. The number of benzene rings is 1. The number of hydrogen-bond donors (Lipinski definition) is 0. The monoisotopic (exact) mass is 282 g/mol. The number of aryl methyl sites for hydroxylation is 1. The number of amides is 1. The van der Waals surface area contributed by atoms with Crippen molar-refractivity contribution >= 4 is 11.6 Å². The summed E-state index contributed by atoms with van der Waals surface area (Å²) in [6.07, 6.45) is 0.611. The van der Waals surface area contributed by atoms with Crippen molar-refractivity contribution in [2.75, 3.05) is 20.2 Å². The zero-order valence-electron chi connectivity index (χ0n) is 11.3. The molecule has 1 aliphatic rings. The van der Waals surface area contributed by atoms with Gasteiger partial charge in [0.1, 0.15) is 5.82 Å². The van der Waals surface area contributed by atoms with E-state index in [1.165, 1.54) is 11.8 Å². The number of ether oxygens (including phenoxy) is 1. The molecule has 1 heterocycles. The summed E-state index contributed by atoms with van der Waals surface area (Å²) in [5, 5.41) is 10.8. The molecule has 2 rings (SSSR count). The third-order valence-electron chi connectivity index (χ3n) is 3.45. The summed E-state index contributed by atoms with van der Waals surface area (Å²) in [5.74, 6) is -1.24. The second-order valence-corrected chi connectivity index (χ2v) is 4.78. The van der Waals surface area contributed by atoms with Crippen molar-refractivity contribution in [3.8, 4) is 0 Å². The van der Waals surface area contributed by atoms with Gasteiger partial charge in [-0.2, -0.15) is 0 Å². The van der Waals surface area contributed by atoms with Gasteiger partial charge in [-0.25, -0.2) is 4.39 Å². The standard InChI is InChI=1S/C13H15FN2O4/c1-8-5-9(16(18)19)6-11(12(8)14)13(17)15-4-3-10(7-15)20-2/h5-6,10H,3-4,7H2,1-2H3. The molecular weight excluding hydrogens is 267 g/mol. The molecule has 1 amide bonds. The molecule has 0 saturated carbocycles. The largest absolute Gasteiger partial charge is 0.380 e. The molecule has 0 aliphatic carbocycles. The number of likely N-dealkylation sites (tertiary alicyclic amines) is 1. The van der Waals surface area contributed by atoms with Gasteiger partial charge in [-0.15, -0.1) is 0 Å². The van der Waals surface area contributed by atoms with Gasteiger partial charge in [0, 0.05) is 32.3 Å². The zero-order valence-corrected chi connectivity index (χ0v) is 11.3. The molecule has 20 heavy (non-hydrogen) atoms. The van der Waals surface area contributed by atoms with Gasteiger partial charge in [-0.3, -0.25) is 14.9 Å². The molecule has 1 aromatic rings. The lowest BCUT2D eigenvalue weighted by molar-refractivity contribution is -0.385. The molecule has 108 valence electrons. The number of non-ortho nitro benzene ring substituents is 1. The van der Waals surface area contributed by atoms with E-state index in [-0.39, 0.29) is 22.9 Å². The van der Waals surface area contributed by atoms with Crippen molar-refractivity contribution in [1.82, 2.24) is 4.90 Å². The Hall–Kier alpha value is -2.02. The Balaban J connectivity index is 2.32. The highest BCUT2D eigenvalue weighted by atomic mass is 19.1. The van der Waals surface area contributed by atoms with Crippen molar-refractivity contribution in [2.24, 2.45) is 0 Å². The number of nitro groups is 1. The van der Waals surface area contributed by atoms with Gasteiger partial charge in [0.2, 0.25) is 0 Å². The number of nitrogens with zero attached hydrogens (tertiary/aromatic N) is 2. The number of hydrogen-bond acceptors (Lipinski definition) is 4. The molecule has 6 nitrogen and oxygen atoms in total. The second-order valence-electron chi connectivity index (χ2n) is 4.78. The Kier molecular flexibility index (Phi) is 3.99. The van der Waals surface area contributed by atoms with Gasteiger partial charge in [0.25, 0.3) is 11.6 Å². The molecule has 1 aliphatic heterocycles. The number of methoxy groups -OCH3 is 1. The van der Waals surface area contributed by atoms with Crippen molar-refractivity contribution in [1.29, 1.82) is 0 Å². The molecule has 0 bridgehead atoms. The number of rotatable bonds is 3. The van der Waals surface area contributed by atoms with E-state index in [0.29, 0.717) is 19.5 Å². The third-order valence-corrected chi connectivity index (χ3v) is 3.45. The second kappa shape index (κ2) is 5.54. The maximum absolute atomic E-state index is 14.0. The highest BCUT2D eigenvalue weighted by molar-refractivity contribution is 5.95. The Morgan fingerprint density at radius 2 is 2.25 bits per heavy atom. The van der Waals surface area contributed by atoms with Crippen LogP contribution in [-0.2, 0) is 4.74 Å². The Morgan fingerprint density at radius 1 is 1.55 bits per heavy atom. The quantitative estimate of drug-likeness (QED) is 0.627. The number of nitro benzene ring substituents is 1. The van der Waals surface area contributed by atoms with Gasteiger partial charge in [-0.05, 0) is 18.9 Å². The Morgan fingerprint density at radius 3 is 2.80 bits per heavy atom. The lowest BCUT2D eigenvalue weighted by atomic mass is 10.1. The summed E-state index contributed by atoms with van der Waals surface area (Å²) < 4.78 is 19.2. The molecule has 1 fully saturated rings. The predicted molar refractivity (Wildman–Crippen MR) is 69.1 cm³/mol. The first-order chi connectivity index (χ1) is 9.43. The first-order valence-electron chi connectivity index (χ1n) is 6.20. The lowest BCUT2D eigenvalue weighted by Gasteiger charge is -2.17. The van der Waals surface area contributed by atoms with E-state index in [2.05, 4.69) is 0 Å². The number of carbonyl (C=O) groups excluding carboxylic acids is 1. The van der Waals surface area contributed by atoms with E-state index in [4.69, 9.17) is 4.74 Å². The maximum atomic E-state index is 14.0. The molecule has 1 atom stereocenters. The third kappa shape index (κ3) is 2.62. The van der Waals surface area contributed by atoms with Crippen LogP contribution in [0.25, 0.3) is 0 Å². The van der Waals surface area contributed by atoms with Crippen LogP contribution in [-0.4, -0.2) is 42.0 Å². The summed E-state index contributed by atoms with van der Waals surface area (Å²) >= 11 is 0.